The average Bonchev–Trinajstić information content (AvgIpc) is 2.79. The van der Waals surface area contributed by atoms with Crippen LogP contribution in [-0.4, -0.2) is 23.7 Å². The van der Waals surface area contributed by atoms with Crippen LogP contribution < -0.4 is 16.9 Å². The molecule has 3 aromatic heterocycles. The van der Waals surface area contributed by atoms with Crippen molar-refractivity contribution in [2.45, 2.75) is 13.1 Å². The highest BCUT2D eigenvalue weighted by molar-refractivity contribution is 6.30. The number of aromatic nitrogens is 5. The smallest absolute Gasteiger partial charge is 0.297 e. The SMILES string of the molecule is O=c1[nH]c(=O)n(CCn2nc3ccccn3c2=O)cc1Cl. The molecule has 0 fully saturated rings. The van der Waals surface area contributed by atoms with Crippen LogP contribution in [0.15, 0.2) is 45.0 Å². The summed E-state index contributed by atoms with van der Waals surface area (Å²) in [5.41, 5.74) is -0.993. The second-order valence-electron chi connectivity index (χ2n) is 4.36. The molecule has 3 aromatic rings. The van der Waals surface area contributed by atoms with Crippen molar-refractivity contribution in [3.8, 4) is 0 Å². The maximum Gasteiger partial charge on any atom is 0.350 e. The van der Waals surface area contributed by atoms with E-state index in [0.29, 0.717) is 5.65 Å². The first-order valence-corrected chi connectivity index (χ1v) is 6.47. The number of halogens is 1. The van der Waals surface area contributed by atoms with Crippen LogP contribution in [0.3, 0.4) is 0 Å². The van der Waals surface area contributed by atoms with Gasteiger partial charge in [0.05, 0.1) is 6.54 Å². The average molecular weight is 308 g/mol. The lowest BCUT2D eigenvalue weighted by atomic mass is 10.5. The second-order valence-corrected chi connectivity index (χ2v) is 4.77. The predicted molar refractivity (Wildman–Crippen MR) is 75.8 cm³/mol. The van der Waals surface area contributed by atoms with Gasteiger partial charge in [0.1, 0.15) is 5.02 Å². The molecule has 1 N–H and O–H groups in total. The quantitative estimate of drug-likeness (QED) is 0.719. The number of aromatic amines is 1. The van der Waals surface area contributed by atoms with Crippen LogP contribution in [-0.2, 0) is 13.1 Å². The van der Waals surface area contributed by atoms with Crippen molar-refractivity contribution in [3.05, 3.63) is 66.9 Å². The van der Waals surface area contributed by atoms with Crippen LogP contribution in [0.2, 0.25) is 5.02 Å². The first kappa shape index (κ1) is 13.4. The molecule has 9 heteroatoms. The van der Waals surface area contributed by atoms with Gasteiger partial charge in [-0.1, -0.05) is 17.7 Å². The van der Waals surface area contributed by atoms with Crippen molar-refractivity contribution in [1.29, 1.82) is 0 Å². The Hall–Kier alpha value is -2.61. The largest absolute Gasteiger partial charge is 0.350 e. The number of hydrogen-bond acceptors (Lipinski definition) is 4. The number of fused-ring (bicyclic) bond motifs is 1. The molecule has 0 aliphatic carbocycles. The van der Waals surface area contributed by atoms with Crippen molar-refractivity contribution in [2.24, 2.45) is 0 Å². The van der Waals surface area contributed by atoms with E-state index in [1.165, 1.54) is 19.8 Å². The van der Waals surface area contributed by atoms with E-state index < -0.39 is 11.2 Å². The minimum atomic E-state index is -0.636. The van der Waals surface area contributed by atoms with Crippen molar-refractivity contribution in [1.82, 2.24) is 23.7 Å². The van der Waals surface area contributed by atoms with Crippen molar-refractivity contribution >= 4 is 17.2 Å². The number of nitrogens with one attached hydrogen (secondary N) is 1. The summed E-state index contributed by atoms with van der Waals surface area (Å²) in [6.07, 6.45) is 2.85. The lowest BCUT2D eigenvalue weighted by Crippen LogP contribution is -2.32. The summed E-state index contributed by atoms with van der Waals surface area (Å²) < 4.78 is 3.88. The molecule has 0 radical (unpaired) electrons. The molecule has 0 aliphatic heterocycles. The first-order chi connectivity index (χ1) is 10.1. The van der Waals surface area contributed by atoms with E-state index in [0.717, 1.165) is 0 Å². The van der Waals surface area contributed by atoms with Crippen molar-refractivity contribution in [2.75, 3.05) is 0 Å². The van der Waals surface area contributed by atoms with Crippen molar-refractivity contribution < 1.29 is 0 Å². The molecular weight excluding hydrogens is 298 g/mol. The molecule has 0 unspecified atom stereocenters. The molecule has 0 saturated heterocycles. The van der Waals surface area contributed by atoms with Crippen LogP contribution in [0.1, 0.15) is 0 Å². The van der Waals surface area contributed by atoms with Crippen LogP contribution in [0.5, 0.6) is 0 Å². The molecular formula is C12H10ClN5O3. The zero-order valence-electron chi connectivity index (χ0n) is 10.7. The summed E-state index contributed by atoms with van der Waals surface area (Å²) >= 11 is 5.67. The number of aryl methyl sites for hydroxylation is 2. The summed E-state index contributed by atoms with van der Waals surface area (Å²) in [7, 11) is 0. The van der Waals surface area contributed by atoms with Gasteiger partial charge in [0.15, 0.2) is 5.65 Å². The Morgan fingerprint density at radius 1 is 1.19 bits per heavy atom. The Bertz CT molecular complexity index is 981. The van der Waals surface area contributed by atoms with Gasteiger partial charge in [-0.05, 0) is 12.1 Å². The third kappa shape index (κ3) is 2.40. The molecule has 108 valence electrons. The highest BCUT2D eigenvalue weighted by atomic mass is 35.5. The molecule has 0 aromatic carbocycles. The minimum absolute atomic E-state index is 0.0862. The van der Waals surface area contributed by atoms with Gasteiger partial charge in [-0.15, -0.1) is 5.10 Å². The third-order valence-corrected chi connectivity index (χ3v) is 3.28. The molecule has 0 saturated carbocycles. The molecule has 0 spiro atoms. The molecule has 21 heavy (non-hydrogen) atoms. The highest BCUT2D eigenvalue weighted by Crippen LogP contribution is 1.97. The topological polar surface area (TPSA) is 94.2 Å². The second kappa shape index (κ2) is 5.06. The molecule has 8 nitrogen and oxygen atoms in total. The van der Waals surface area contributed by atoms with E-state index in [1.807, 2.05) is 0 Å². The fourth-order valence-corrected chi connectivity index (χ4v) is 2.13. The van der Waals surface area contributed by atoms with E-state index in [9.17, 15) is 14.4 Å². The van der Waals surface area contributed by atoms with Crippen LogP contribution in [0.4, 0.5) is 0 Å². The summed E-state index contributed by atoms with van der Waals surface area (Å²) in [6, 6.07) is 5.21. The molecule has 3 heterocycles. The number of H-pyrrole nitrogens is 1. The fourth-order valence-electron chi connectivity index (χ4n) is 1.97. The molecule has 0 aliphatic rings. The van der Waals surface area contributed by atoms with Crippen LogP contribution in [0, 0.1) is 0 Å². The third-order valence-electron chi connectivity index (χ3n) is 3.01. The van der Waals surface area contributed by atoms with E-state index in [1.54, 1.807) is 24.4 Å². The monoisotopic (exact) mass is 307 g/mol. The van der Waals surface area contributed by atoms with E-state index in [-0.39, 0.29) is 23.8 Å². The van der Waals surface area contributed by atoms with Gasteiger partial charge in [-0.3, -0.25) is 18.7 Å². The Morgan fingerprint density at radius 3 is 2.76 bits per heavy atom. The Balaban J connectivity index is 1.92. The van der Waals surface area contributed by atoms with Gasteiger partial charge in [0.25, 0.3) is 5.56 Å². The summed E-state index contributed by atoms with van der Waals surface area (Å²) in [4.78, 5) is 36.9. The molecule has 3 rings (SSSR count). The van der Waals surface area contributed by atoms with Gasteiger partial charge >= 0.3 is 11.4 Å². The number of pyridine rings is 1. The van der Waals surface area contributed by atoms with E-state index >= 15 is 0 Å². The lowest BCUT2D eigenvalue weighted by Gasteiger charge is -2.04. The normalized spacial score (nSPS) is 11.1. The van der Waals surface area contributed by atoms with Gasteiger partial charge in [-0.25, -0.2) is 14.3 Å². The zero-order valence-corrected chi connectivity index (χ0v) is 11.4. The van der Waals surface area contributed by atoms with Gasteiger partial charge in [0, 0.05) is 18.9 Å². The van der Waals surface area contributed by atoms with Gasteiger partial charge in [0.2, 0.25) is 0 Å². The van der Waals surface area contributed by atoms with Crippen molar-refractivity contribution in [3.63, 3.8) is 0 Å². The number of nitrogens with zero attached hydrogens (tertiary/aromatic N) is 4. The van der Waals surface area contributed by atoms with Crippen LogP contribution in [0.25, 0.3) is 5.65 Å². The minimum Gasteiger partial charge on any atom is -0.297 e. The van der Waals surface area contributed by atoms with Gasteiger partial charge in [-0.2, -0.15) is 0 Å². The highest BCUT2D eigenvalue weighted by Gasteiger charge is 2.07. The summed E-state index contributed by atoms with van der Waals surface area (Å²) in [5.74, 6) is 0. The Morgan fingerprint density at radius 2 is 2.00 bits per heavy atom. The Labute approximate surface area is 121 Å². The van der Waals surface area contributed by atoms with Crippen LogP contribution >= 0.6 is 11.6 Å². The summed E-state index contributed by atoms with van der Waals surface area (Å²) in [5, 5.41) is 4.06. The van der Waals surface area contributed by atoms with Gasteiger partial charge < -0.3 is 0 Å². The van der Waals surface area contributed by atoms with E-state index in [4.69, 9.17) is 11.6 Å². The molecule has 0 bridgehead atoms. The number of hydrogen-bond donors (Lipinski definition) is 1. The number of rotatable bonds is 3. The predicted octanol–water partition coefficient (Wildman–Crippen LogP) is -0.300. The maximum absolute atomic E-state index is 12.0. The molecule has 0 amide bonds. The maximum atomic E-state index is 12.0. The summed E-state index contributed by atoms with van der Waals surface area (Å²) in [6.45, 7) is 0.349. The Kier molecular flexibility index (Phi) is 3.22. The first-order valence-electron chi connectivity index (χ1n) is 6.10. The molecule has 0 atom stereocenters. The van der Waals surface area contributed by atoms with E-state index in [2.05, 4.69) is 10.1 Å². The standard InChI is InChI=1S/C12H10ClN5O3/c13-8-7-16(11(20)14-10(8)19)5-6-18-12(21)17-4-2-1-3-9(17)15-18/h1-4,7H,5-6H2,(H,14,19,20). The zero-order chi connectivity index (χ0) is 15.0. The fraction of sp³-hybridized carbons (Fsp3) is 0.167. The lowest BCUT2D eigenvalue weighted by molar-refractivity contribution is 0.504.